The molecule has 1 aromatic heterocycles. The van der Waals surface area contributed by atoms with Gasteiger partial charge in [0.2, 0.25) is 0 Å². The van der Waals surface area contributed by atoms with Crippen molar-refractivity contribution in [3.63, 3.8) is 0 Å². The van der Waals surface area contributed by atoms with Gasteiger partial charge in [0, 0.05) is 20.8 Å². The zero-order valence-corrected chi connectivity index (χ0v) is 18.8. The van der Waals surface area contributed by atoms with E-state index in [1.165, 1.54) is 9.25 Å². The molecule has 1 saturated carbocycles. The van der Waals surface area contributed by atoms with Crippen molar-refractivity contribution in [2.45, 2.75) is 43.9 Å². The highest BCUT2D eigenvalue weighted by Gasteiger charge is 2.50. The van der Waals surface area contributed by atoms with Gasteiger partial charge in [0.25, 0.3) is 0 Å². The summed E-state index contributed by atoms with van der Waals surface area (Å²) < 4.78 is 11.7. The second kappa shape index (κ2) is 6.62. The third-order valence-electron chi connectivity index (χ3n) is 6.71. The van der Waals surface area contributed by atoms with Gasteiger partial charge in [-0.15, -0.1) is 0 Å². The number of hydrogen-bond donors (Lipinski definition) is 1. The van der Waals surface area contributed by atoms with Crippen molar-refractivity contribution in [1.82, 2.24) is 13.9 Å². The lowest BCUT2D eigenvalue weighted by atomic mass is 9.79. The summed E-state index contributed by atoms with van der Waals surface area (Å²) in [6.07, 6.45) is 5.88. The minimum Gasteiger partial charge on any atom is -0.508 e. The van der Waals surface area contributed by atoms with Crippen LogP contribution in [0.4, 0.5) is 0 Å². The van der Waals surface area contributed by atoms with Gasteiger partial charge < -0.3 is 9.84 Å². The largest absolute Gasteiger partial charge is 0.508 e. The molecule has 2 aliphatic heterocycles. The van der Waals surface area contributed by atoms with E-state index in [1.54, 1.807) is 28.9 Å². The molecule has 2 aromatic carbocycles. The molecule has 158 valence electrons. The molecule has 1 fully saturated rings. The monoisotopic (exact) mass is 529 g/mol. The third-order valence-corrected chi connectivity index (χ3v) is 7.62. The minimum absolute atomic E-state index is 0.122. The molecule has 7 nitrogen and oxygen atoms in total. The van der Waals surface area contributed by atoms with Crippen molar-refractivity contribution >= 4 is 22.6 Å². The number of nitrogens with zero attached hydrogens (tertiary/aromatic N) is 3. The molecule has 1 aliphatic carbocycles. The number of aromatic nitrogens is 3. The van der Waals surface area contributed by atoms with Gasteiger partial charge in [0.05, 0.1) is 12.2 Å². The first kappa shape index (κ1) is 19.0. The van der Waals surface area contributed by atoms with Crippen molar-refractivity contribution in [2.24, 2.45) is 0 Å². The van der Waals surface area contributed by atoms with Crippen LogP contribution in [0.1, 0.15) is 37.3 Å². The Hall–Kier alpha value is -2.75. The number of fused-ring (bicyclic) bond motifs is 6. The Balaban J connectivity index is 1.64. The molecule has 0 radical (unpaired) electrons. The zero-order valence-electron chi connectivity index (χ0n) is 16.6. The first-order valence-electron chi connectivity index (χ1n) is 10.4. The maximum Gasteiger partial charge on any atom is 0.352 e. The zero-order chi connectivity index (χ0) is 21.3. The first-order valence-corrected chi connectivity index (χ1v) is 11.5. The number of aromatic hydroxyl groups is 1. The highest BCUT2D eigenvalue weighted by Crippen LogP contribution is 2.52. The Morgan fingerprint density at radius 3 is 2.61 bits per heavy atom. The summed E-state index contributed by atoms with van der Waals surface area (Å²) in [5.74, 6) is 0.704. The smallest absolute Gasteiger partial charge is 0.352 e. The molecule has 3 aliphatic rings. The molecule has 31 heavy (non-hydrogen) atoms. The first-order chi connectivity index (χ1) is 15.0. The SMILES string of the molecule is O=c1n(-c2ccccc2I)c(=O)n2n1CC=C1C2c2ccc(O)cc2OC12CCCC2. The average molecular weight is 529 g/mol. The minimum atomic E-state index is -0.491. The van der Waals surface area contributed by atoms with Gasteiger partial charge in [-0.1, -0.05) is 18.2 Å². The molecule has 1 atom stereocenters. The molecular formula is C23H20IN3O4. The second-order valence-corrected chi connectivity index (χ2v) is 9.53. The number of ether oxygens (including phenoxy) is 1. The van der Waals surface area contributed by atoms with Crippen molar-refractivity contribution in [3.05, 3.63) is 84.2 Å². The molecule has 1 unspecified atom stereocenters. The molecule has 0 bridgehead atoms. The Labute approximate surface area is 191 Å². The fourth-order valence-electron chi connectivity index (χ4n) is 5.36. The number of para-hydroxylation sites is 1. The van der Waals surface area contributed by atoms with Crippen molar-refractivity contribution in [2.75, 3.05) is 0 Å². The predicted molar refractivity (Wildman–Crippen MR) is 123 cm³/mol. The summed E-state index contributed by atoms with van der Waals surface area (Å²) in [5.41, 5.74) is 1.22. The maximum absolute atomic E-state index is 13.7. The topological polar surface area (TPSA) is 78.4 Å². The van der Waals surface area contributed by atoms with Gasteiger partial charge in [0.15, 0.2) is 0 Å². The van der Waals surface area contributed by atoms with Crippen LogP contribution in [-0.2, 0) is 6.54 Å². The number of phenolic OH excluding ortho intramolecular Hbond substituents is 1. The van der Waals surface area contributed by atoms with E-state index < -0.39 is 11.6 Å². The van der Waals surface area contributed by atoms with E-state index in [0.717, 1.165) is 40.4 Å². The lowest BCUT2D eigenvalue weighted by Gasteiger charge is -2.44. The van der Waals surface area contributed by atoms with Gasteiger partial charge in [-0.05, 0) is 72.5 Å². The molecule has 1 spiro atoms. The molecule has 6 rings (SSSR count). The lowest BCUT2D eigenvalue weighted by Crippen LogP contribution is -2.48. The Bertz CT molecular complexity index is 1370. The molecule has 0 saturated heterocycles. The highest BCUT2D eigenvalue weighted by atomic mass is 127. The van der Waals surface area contributed by atoms with Crippen LogP contribution in [0.2, 0.25) is 0 Å². The van der Waals surface area contributed by atoms with E-state index in [-0.39, 0.29) is 17.1 Å². The van der Waals surface area contributed by atoms with Gasteiger partial charge in [0.1, 0.15) is 23.1 Å². The Kier molecular flexibility index (Phi) is 4.05. The lowest BCUT2D eigenvalue weighted by molar-refractivity contribution is 0.0831. The molecular weight excluding hydrogens is 509 g/mol. The highest BCUT2D eigenvalue weighted by molar-refractivity contribution is 14.1. The van der Waals surface area contributed by atoms with Crippen LogP contribution in [0, 0.1) is 3.57 Å². The summed E-state index contributed by atoms with van der Waals surface area (Å²) in [6, 6.07) is 12.0. The summed E-state index contributed by atoms with van der Waals surface area (Å²) in [4.78, 5) is 27.0. The van der Waals surface area contributed by atoms with E-state index in [0.29, 0.717) is 18.0 Å². The van der Waals surface area contributed by atoms with Crippen molar-refractivity contribution in [3.8, 4) is 17.2 Å². The van der Waals surface area contributed by atoms with Crippen LogP contribution in [0.5, 0.6) is 11.5 Å². The van der Waals surface area contributed by atoms with Crippen LogP contribution >= 0.6 is 22.6 Å². The molecule has 3 heterocycles. The summed E-state index contributed by atoms with van der Waals surface area (Å²) >= 11 is 2.15. The maximum atomic E-state index is 13.7. The van der Waals surface area contributed by atoms with E-state index in [4.69, 9.17) is 4.74 Å². The van der Waals surface area contributed by atoms with Crippen LogP contribution < -0.4 is 16.1 Å². The van der Waals surface area contributed by atoms with Crippen molar-refractivity contribution < 1.29 is 9.84 Å². The Morgan fingerprint density at radius 2 is 1.84 bits per heavy atom. The number of rotatable bonds is 1. The third kappa shape index (κ3) is 2.57. The van der Waals surface area contributed by atoms with Crippen LogP contribution in [0.25, 0.3) is 5.69 Å². The molecule has 8 heteroatoms. The number of halogens is 1. The van der Waals surface area contributed by atoms with Crippen LogP contribution in [0.3, 0.4) is 0 Å². The molecule has 0 amide bonds. The summed E-state index contributed by atoms with van der Waals surface area (Å²) in [5, 5.41) is 10.1. The number of phenols is 1. The second-order valence-electron chi connectivity index (χ2n) is 8.37. The van der Waals surface area contributed by atoms with Gasteiger partial charge in [-0.25, -0.2) is 23.5 Å². The van der Waals surface area contributed by atoms with E-state index >= 15 is 0 Å². The van der Waals surface area contributed by atoms with Gasteiger partial charge in [-0.2, -0.15) is 0 Å². The molecule has 1 N–H and O–H groups in total. The quantitative estimate of drug-likeness (QED) is 0.388. The number of allylic oxidation sites excluding steroid dienone is 1. The normalized spacial score (nSPS) is 20.5. The van der Waals surface area contributed by atoms with Gasteiger partial charge in [-0.3, -0.25) is 0 Å². The van der Waals surface area contributed by atoms with Gasteiger partial charge >= 0.3 is 11.4 Å². The van der Waals surface area contributed by atoms with Crippen molar-refractivity contribution in [1.29, 1.82) is 0 Å². The standard InChI is InChI=1S/C23H20IN3O4/c24-17-5-1-2-6-18(17)26-21(29)25-12-9-16-20(27(25)22(26)30)15-8-7-14(28)13-19(15)31-23(16)10-3-4-11-23/h1-2,5-9,13,20,28H,3-4,10-12H2. The summed E-state index contributed by atoms with van der Waals surface area (Å²) in [6.45, 7) is 0.328. The molecule has 3 aromatic rings. The van der Waals surface area contributed by atoms with E-state index in [1.807, 2.05) is 18.2 Å². The van der Waals surface area contributed by atoms with E-state index in [2.05, 4.69) is 28.7 Å². The Morgan fingerprint density at radius 1 is 1.06 bits per heavy atom. The number of benzene rings is 2. The van der Waals surface area contributed by atoms with Crippen LogP contribution in [-0.4, -0.2) is 24.6 Å². The fourth-order valence-corrected chi connectivity index (χ4v) is 5.99. The summed E-state index contributed by atoms with van der Waals surface area (Å²) in [7, 11) is 0. The number of hydrogen-bond acceptors (Lipinski definition) is 4. The van der Waals surface area contributed by atoms with E-state index in [9.17, 15) is 14.7 Å². The predicted octanol–water partition coefficient (Wildman–Crippen LogP) is 3.35. The van der Waals surface area contributed by atoms with Crippen LogP contribution in [0.15, 0.2) is 63.7 Å². The average Bonchev–Trinajstić information content (AvgIpc) is 3.32. The fraction of sp³-hybridized carbons (Fsp3) is 0.304.